The maximum atomic E-state index is 12.4. The van der Waals surface area contributed by atoms with Crippen molar-refractivity contribution in [3.8, 4) is 5.75 Å². The van der Waals surface area contributed by atoms with Crippen LogP contribution in [0.3, 0.4) is 0 Å². The fraction of sp³-hybridized carbons (Fsp3) is 0.118. The van der Waals surface area contributed by atoms with E-state index < -0.39 is 10.1 Å². The van der Waals surface area contributed by atoms with Crippen molar-refractivity contribution < 1.29 is 12.6 Å². The van der Waals surface area contributed by atoms with E-state index in [9.17, 15) is 8.42 Å². The van der Waals surface area contributed by atoms with Gasteiger partial charge in [0.2, 0.25) is 0 Å². The first-order chi connectivity index (χ1) is 11.0. The van der Waals surface area contributed by atoms with Gasteiger partial charge in [-0.05, 0) is 48.4 Å². The van der Waals surface area contributed by atoms with Crippen molar-refractivity contribution >= 4 is 32.6 Å². The van der Waals surface area contributed by atoms with Crippen LogP contribution in [-0.2, 0) is 16.5 Å². The smallest absolute Gasteiger partial charge is 0.339 e. The van der Waals surface area contributed by atoms with Crippen molar-refractivity contribution in [2.24, 2.45) is 0 Å². The van der Waals surface area contributed by atoms with Crippen molar-refractivity contribution in [2.75, 3.05) is 0 Å². The molecule has 2 aromatic carbocycles. The van der Waals surface area contributed by atoms with Crippen LogP contribution in [0.2, 0.25) is 5.02 Å². The van der Waals surface area contributed by atoms with Crippen LogP contribution in [0.1, 0.15) is 12.5 Å². The summed E-state index contributed by atoms with van der Waals surface area (Å²) in [5, 5.41) is 1.13. The first kappa shape index (κ1) is 15.8. The molecule has 0 unspecified atom stereocenters. The normalized spacial score (nSPS) is 11.6. The lowest BCUT2D eigenvalue weighted by Crippen LogP contribution is -2.10. The summed E-state index contributed by atoms with van der Waals surface area (Å²) in [4.78, 5) is 4.28. The van der Waals surface area contributed by atoms with E-state index in [-0.39, 0.29) is 10.6 Å². The van der Waals surface area contributed by atoms with Crippen LogP contribution >= 0.6 is 11.6 Å². The molecule has 0 bridgehead atoms. The molecule has 0 radical (unpaired) electrons. The van der Waals surface area contributed by atoms with Crippen LogP contribution < -0.4 is 4.18 Å². The highest BCUT2D eigenvalue weighted by atomic mass is 35.5. The van der Waals surface area contributed by atoms with Crippen molar-refractivity contribution in [1.29, 1.82) is 0 Å². The minimum atomic E-state index is -3.93. The molecular weight excluding hydrogens is 334 g/mol. The van der Waals surface area contributed by atoms with Gasteiger partial charge in [0.15, 0.2) is 5.75 Å². The standard InChI is InChI=1S/C17H14ClNO3S/c1-2-12-5-7-13(8-6-12)23(20,21)22-16-10-9-15(18)14-4-3-11-19-17(14)16/h3-11H,2H2,1H3. The molecule has 23 heavy (non-hydrogen) atoms. The fourth-order valence-corrected chi connectivity index (χ4v) is 3.39. The Hall–Kier alpha value is -2.11. The van der Waals surface area contributed by atoms with Crippen LogP contribution in [0.4, 0.5) is 0 Å². The fourth-order valence-electron chi connectivity index (χ4n) is 2.24. The first-order valence-corrected chi connectivity index (χ1v) is 8.86. The molecule has 0 aliphatic carbocycles. The average molecular weight is 348 g/mol. The maximum Gasteiger partial charge on any atom is 0.339 e. The van der Waals surface area contributed by atoms with Crippen LogP contribution in [0.5, 0.6) is 5.75 Å². The highest BCUT2D eigenvalue weighted by Gasteiger charge is 2.19. The van der Waals surface area contributed by atoms with Gasteiger partial charge in [-0.1, -0.05) is 30.7 Å². The monoisotopic (exact) mass is 347 g/mol. The highest BCUT2D eigenvalue weighted by molar-refractivity contribution is 7.87. The summed E-state index contributed by atoms with van der Waals surface area (Å²) >= 11 is 6.11. The molecule has 4 nitrogen and oxygen atoms in total. The van der Waals surface area contributed by atoms with Crippen LogP contribution in [0, 0.1) is 0 Å². The van der Waals surface area contributed by atoms with E-state index in [0.29, 0.717) is 15.9 Å². The second kappa shape index (κ2) is 6.18. The number of fused-ring (bicyclic) bond motifs is 1. The molecular formula is C17H14ClNO3S. The third kappa shape index (κ3) is 3.16. The number of halogens is 1. The number of rotatable bonds is 4. The predicted molar refractivity (Wildman–Crippen MR) is 90.4 cm³/mol. The largest absolute Gasteiger partial charge is 0.377 e. The Bertz CT molecular complexity index is 953. The molecule has 0 atom stereocenters. The maximum absolute atomic E-state index is 12.4. The first-order valence-electron chi connectivity index (χ1n) is 7.08. The number of aryl methyl sites for hydroxylation is 1. The summed E-state index contributed by atoms with van der Waals surface area (Å²) < 4.78 is 30.2. The Balaban J connectivity index is 2.02. The number of aromatic nitrogens is 1. The second-order valence-electron chi connectivity index (χ2n) is 4.98. The van der Waals surface area contributed by atoms with E-state index in [2.05, 4.69) is 4.98 Å². The van der Waals surface area contributed by atoms with E-state index >= 15 is 0 Å². The Morgan fingerprint density at radius 3 is 2.52 bits per heavy atom. The lowest BCUT2D eigenvalue weighted by molar-refractivity contribution is 0.488. The highest BCUT2D eigenvalue weighted by Crippen LogP contribution is 2.31. The minimum Gasteiger partial charge on any atom is -0.377 e. The number of nitrogens with zero attached hydrogens (tertiary/aromatic N) is 1. The molecule has 0 spiro atoms. The Morgan fingerprint density at radius 2 is 1.83 bits per heavy atom. The quantitative estimate of drug-likeness (QED) is 0.663. The van der Waals surface area contributed by atoms with Gasteiger partial charge < -0.3 is 4.18 Å². The van der Waals surface area contributed by atoms with Gasteiger partial charge in [-0.3, -0.25) is 4.98 Å². The van der Waals surface area contributed by atoms with Crippen LogP contribution in [0.25, 0.3) is 10.9 Å². The molecule has 0 fully saturated rings. The summed E-state index contributed by atoms with van der Waals surface area (Å²) in [5.41, 5.74) is 1.47. The third-order valence-electron chi connectivity index (χ3n) is 3.50. The lowest BCUT2D eigenvalue weighted by Gasteiger charge is -2.10. The number of hydrogen-bond acceptors (Lipinski definition) is 4. The minimum absolute atomic E-state index is 0.105. The molecule has 3 rings (SSSR count). The zero-order valence-electron chi connectivity index (χ0n) is 12.4. The van der Waals surface area contributed by atoms with E-state index in [1.54, 1.807) is 48.7 Å². The summed E-state index contributed by atoms with van der Waals surface area (Å²) in [6, 6.07) is 13.2. The summed E-state index contributed by atoms with van der Waals surface area (Å²) in [6.07, 6.45) is 2.40. The predicted octanol–water partition coefficient (Wildman–Crippen LogP) is 4.22. The summed E-state index contributed by atoms with van der Waals surface area (Å²) in [7, 11) is -3.93. The van der Waals surface area contributed by atoms with Crippen molar-refractivity contribution in [3.05, 3.63) is 65.3 Å². The van der Waals surface area contributed by atoms with E-state index in [0.717, 1.165) is 12.0 Å². The molecule has 118 valence electrons. The van der Waals surface area contributed by atoms with E-state index in [1.165, 1.54) is 6.07 Å². The van der Waals surface area contributed by atoms with Gasteiger partial charge in [-0.15, -0.1) is 0 Å². The van der Waals surface area contributed by atoms with Crippen molar-refractivity contribution in [1.82, 2.24) is 4.98 Å². The molecule has 0 N–H and O–H groups in total. The lowest BCUT2D eigenvalue weighted by atomic mass is 10.2. The number of benzene rings is 2. The van der Waals surface area contributed by atoms with E-state index in [4.69, 9.17) is 15.8 Å². The average Bonchev–Trinajstić information content (AvgIpc) is 2.58. The molecule has 0 aliphatic rings. The molecule has 1 heterocycles. The van der Waals surface area contributed by atoms with Crippen molar-refractivity contribution in [2.45, 2.75) is 18.2 Å². The third-order valence-corrected chi connectivity index (χ3v) is 5.08. The van der Waals surface area contributed by atoms with Gasteiger partial charge in [0.25, 0.3) is 0 Å². The van der Waals surface area contributed by atoms with Gasteiger partial charge >= 0.3 is 10.1 Å². The van der Waals surface area contributed by atoms with E-state index in [1.807, 2.05) is 6.92 Å². The topological polar surface area (TPSA) is 56.3 Å². The molecule has 0 aliphatic heterocycles. The number of hydrogen-bond donors (Lipinski definition) is 0. The van der Waals surface area contributed by atoms with Gasteiger partial charge in [-0.25, -0.2) is 0 Å². The molecule has 0 amide bonds. The Kier molecular flexibility index (Phi) is 4.24. The van der Waals surface area contributed by atoms with Gasteiger partial charge in [0.05, 0.1) is 5.02 Å². The zero-order valence-corrected chi connectivity index (χ0v) is 13.9. The van der Waals surface area contributed by atoms with Gasteiger partial charge in [0.1, 0.15) is 10.4 Å². The molecule has 1 aromatic heterocycles. The molecule has 0 saturated carbocycles. The van der Waals surface area contributed by atoms with Crippen molar-refractivity contribution in [3.63, 3.8) is 0 Å². The molecule has 6 heteroatoms. The summed E-state index contributed by atoms with van der Waals surface area (Å²) in [6.45, 7) is 2.01. The van der Waals surface area contributed by atoms with Gasteiger partial charge in [0, 0.05) is 11.6 Å². The van der Waals surface area contributed by atoms with Crippen LogP contribution in [0.15, 0.2) is 59.6 Å². The van der Waals surface area contributed by atoms with Crippen LogP contribution in [-0.4, -0.2) is 13.4 Å². The Labute approximate surface area is 139 Å². The Morgan fingerprint density at radius 1 is 1.09 bits per heavy atom. The second-order valence-corrected chi connectivity index (χ2v) is 6.93. The molecule has 0 saturated heterocycles. The number of pyridine rings is 1. The zero-order chi connectivity index (χ0) is 16.4. The summed E-state index contributed by atoms with van der Waals surface area (Å²) in [5.74, 6) is 0.157. The molecule has 3 aromatic rings. The SMILES string of the molecule is CCc1ccc(S(=O)(=O)Oc2ccc(Cl)c3cccnc23)cc1. The van der Waals surface area contributed by atoms with Gasteiger partial charge in [-0.2, -0.15) is 8.42 Å².